The molecule has 0 saturated carbocycles. The molecule has 20 heavy (non-hydrogen) atoms. The van der Waals surface area contributed by atoms with E-state index in [1.165, 1.54) is 12.8 Å². The molecule has 0 aliphatic carbocycles. The molecule has 112 valence electrons. The van der Waals surface area contributed by atoms with Crippen LogP contribution in [0.4, 0.5) is 0 Å². The molecule has 6 heteroatoms. The van der Waals surface area contributed by atoms with E-state index >= 15 is 0 Å². The van der Waals surface area contributed by atoms with Gasteiger partial charge in [0.1, 0.15) is 5.69 Å². The number of hydrogen-bond donors (Lipinski definition) is 1. The molecule has 2 unspecified atom stereocenters. The molecule has 0 spiro atoms. The van der Waals surface area contributed by atoms with E-state index < -0.39 is 0 Å². The highest BCUT2D eigenvalue weighted by atomic mass is 35.5. The first-order valence-corrected chi connectivity index (χ1v) is 6.71. The van der Waals surface area contributed by atoms with Crippen molar-refractivity contribution in [2.75, 3.05) is 13.1 Å². The minimum Gasteiger partial charge on any atom is -0.336 e. The zero-order valence-electron chi connectivity index (χ0n) is 11.5. The molecule has 2 aliphatic heterocycles. The van der Waals surface area contributed by atoms with E-state index in [0.29, 0.717) is 17.8 Å². The number of amides is 1. The second-order valence-electron chi connectivity index (χ2n) is 5.35. The SMILES string of the molecule is Cc1cccnc1C(=O)N1CCC2CCC(C1)N2.Cl.Cl. The molecule has 2 aliphatic rings. The van der Waals surface area contributed by atoms with E-state index in [0.717, 1.165) is 25.1 Å². The third-order valence-corrected chi connectivity index (χ3v) is 4.02. The van der Waals surface area contributed by atoms with Crippen molar-refractivity contribution in [2.45, 2.75) is 38.3 Å². The molecular formula is C14H21Cl2N3O. The lowest BCUT2D eigenvalue weighted by atomic mass is 10.1. The van der Waals surface area contributed by atoms with Crippen LogP contribution in [0, 0.1) is 6.92 Å². The lowest BCUT2D eigenvalue weighted by Crippen LogP contribution is -2.39. The van der Waals surface area contributed by atoms with Crippen molar-refractivity contribution in [2.24, 2.45) is 0 Å². The molecule has 3 rings (SSSR count). The van der Waals surface area contributed by atoms with Gasteiger partial charge in [0.2, 0.25) is 0 Å². The summed E-state index contributed by atoms with van der Waals surface area (Å²) in [5.74, 6) is 0.0856. The normalized spacial score (nSPS) is 24.4. The van der Waals surface area contributed by atoms with Gasteiger partial charge in [0, 0.05) is 31.4 Å². The molecule has 2 fully saturated rings. The van der Waals surface area contributed by atoms with Crippen molar-refractivity contribution in [3.8, 4) is 0 Å². The van der Waals surface area contributed by atoms with Crippen LogP contribution in [-0.2, 0) is 0 Å². The Morgan fingerprint density at radius 2 is 2.05 bits per heavy atom. The number of nitrogens with one attached hydrogen (secondary N) is 1. The van der Waals surface area contributed by atoms with Gasteiger partial charge in [0.05, 0.1) is 0 Å². The average molecular weight is 318 g/mol. The minimum atomic E-state index is 0. The van der Waals surface area contributed by atoms with Gasteiger partial charge in [-0.1, -0.05) is 6.07 Å². The van der Waals surface area contributed by atoms with Gasteiger partial charge in [-0.05, 0) is 37.8 Å². The number of aryl methyl sites for hydroxylation is 1. The van der Waals surface area contributed by atoms with E-state index in [1.54, 1.807) is 6.20 Å². The first-order valence-electron chi connectivity index (χ1n) is 6.71. The molecule has 4 nitrogen and oxygen atoms in total. The lowest BCUT2D eigenvalue weighted by Gasteiger charge is -2.24. The summed E-state index contributed by atoms with van der Waals surface area (Å²) in [6.07, 6.45) is 5.21. The molecule has 1 N–H and O–H groups in total. The maximum Gasteiger partial charge on any atom is 0.272 e. The monoisotopic (exact) mass is 317 g/mol. The number of fused-ring (bicyclic) bond motifs is 2. The predicted octanol–water partition coefficient (Wildman–Crippen LogP) is 2.20. The largest absolute Gasteiger partial charge is 0.336 e. The van der Waals surface area contributed by atoms with Crippen molar-refractivity contribution in [1.29, 1.82) is 0 Å². The topological polar surface area (TPSA) is 45.2 Å². The smallest absolute Gasteiger partial charge is 0.272 e. The Morgan fingerprint density at radius 3 is 2.80 bits per heavy atom. The van der Waals surface area contributed by atoms with E-state index in [1.807, 2.05) is 24.0 Å². The van der Waals surface area contributed by atoms with Crippen LogP contribution in [0.1, 0.15) is 35.3 Å². The van der Waals surface area contributed by atoms with Crippen LogP contribution in [0.2, 0.25) is 0 Å². The zero-order chi connectivity index (χ0) is 12.5. The summed E-state index contributed by atoms with van der Waals surface area (Å²) >= 11 is 0. The van der Waals surface area contributed by atoms with Gasteiger partial charge in [0.15, 0.2) is 0 Å². The highest BCUT2D eigenvalue weighted by Gasteiger charge is 2.31. The Hall–Kier alpha value is -0.840. The van der Waals surface area contributed by atoms with E-state index in [-0.39, 0.29) is 30.7 Å². The summed E-state index contributed by atoms with van der Waals surface area (Å²) in [4.78, 5) is 18.7. The third kappa shape index (κ3) is 3.43. The Labute approximate surface area is 132 Å². The summed E-state index contributed by atoms with van der Waals surface area (Å²) < 4.78 is 0. The predicted molar refractivity (Wildman–Crippen MR) is 83.9 cm³/mol. The Morgan fingerprint density at radius 1 is 1.30 bits per heavy atom. The van der Waals surface area contributed by atoms with Crippen LogP contribution in [0.15, 0.2) is 18.3 Å². The Kier molecular flexibility index (Phi) is 6.24. The highest BCUT2D eigenvalue weighted by molar-refractivity contribution is 5.93. The molecular weight excluding hydrogens is 297 g/mol. The number of pyridine rings is 1. The van der Waals surface area contributed by atoms with Gasteiger partial charge in [-0.3, -0.25) is 9.78 Å². The number of halogens is 2. The molecule has 3 heterocycles. The lowest BCUT2D eigenvalue weighted by molar-refractivity contribution is 0.0741. The first kappa shape index (κ1) is 17.2. The van der Waals surface area contributed by atoms with Gasteiger partial charge in [-0.25, -0.2) is 0 Å². The average Bonchev–Trinajstić information content (AvgIpc) is 2.69. The number of rotatable bonds is 1. The fourth-order valence-corrected chi connectivity index (χ4v) is 2.99. The molecule has 1 aromatic heterocycles. The standard InChI is InChI=1S/C14H19N3O.2ClH/c1-10-3-2-7-15-13(10)14(18)17-8-6-11-4-5-12(9-17)16-11;;/h2-3,7,11-12,16H,4-6,8-9H2,1H3;2*1H. The number of aromatic nitrogens is 1. The number of likely N-dealkylation sites (tertiary alicyclic amines) is 1. The Bertz CT molecular complexity index is 469. The molecule has 1 aromatic rings. The molecule has 1 amide bonds. The fraction of sp³-hybridized carbons (Fsp3) is 0.571. The maximum atomic E-state index is 12.5. The van der Waals surface area contributed by atoms with Crippen molar-refractivity contribution in [1.82, 2.24) is 15.2 Å². The van der Waals surface area contributed by atoms with E-state index in [4.69, 9.17) is 0 Å². The molecule has 2 bridgehead atoms. The highest BCUT2D eigenvalue weighted by Crippen LogP contribution is 2.21. The van der Waals surface area contributed by atoms with E-state index in [2.05, 4.69) is 10.3 Å². The summed E-state index contributed by atoms with van der Waals surface area (Å²) in [7, 11) is 0. The van der Waals surface area contributed by atoms with Gasteiger partial charge in [0.25, 0.3) is 5.91 Å². The first-order chi connectivity index (χ1) is 8.74. The fourth-order valence-electron chi connectivity index (χ4n) is 2.99. The number of carbonyl (C=O) groups is 1. The van der Waals surface area contributed by atoms with Crippen LogP contribution in [0.5, 0.6) is 0 Å². The Balaban J connectivity index is 0.000001000. The van der Waals surface area contributed by atoms with Crippen molar-refractivity contribution >= 4 is 30.7 Å². The number of nitrogens with zero attached hydrogens (tertiary/aromatic N) is 2. The van der Waals surface area contributed by atoms with Crippen LogP contribution in [0.25, 0.3) is 0 Å². The zero-order valence-corrected chi connectivity index (χ0v) is 13.2. The molecule has 0 radical (unpaired) electrons. The van der Waals surface area contributed by atoms with Crippen LogP contribution in [-0.4, -0.2) is 41.0 Å². The second-order valence-corrected chi connectivity index (χ2v) is 5.35. The second kappa shape index (κ2) is 7.25. The molecule has 2 saturated heterocycles. The van der Waals surface area contributed by atoms with Gasteiger partial charge >= 0.3 is 0 Å². The van der Waals surface area contributed by atoms with Gasteiger partial charge in [-0.2, -0.15) is 0 Å². The number of carbonyl (C=O) groups excluding carboxylic acids is 1. The summed E-state index contributed by atoms with van der Waals surface area (Å²) in [6, 6.07) is 4.91. The summed E-state index contributed by atoms with van der Waals surface area (Å²) in [5.41, 5.74) is 1.57. The quantitative estimate of drug-likeness (QED) is 0.863. The molecule has 2 atom stereocenters. The van der Waals surface area contributed by atoms with Crippen molar-refractivity contribution in [3.05, 3.63) is 29.6 Å². The van der Waals surface area contributed by atoms with Crippen molar-refractivity contribution in [3.63, 3.8) is 0 Å². The number of hydrogen-bond acceptors (Lipinski definition) is 3. The van der Waals surface area contributed by atoms with Gasteiger partial charge in [-0.15, -0.1) is 24.8 Å². The summed E-state index contributed by atoms with van der Waals surface area (Å²) in [6.45, 7) is 3.62. The van der Waals surface area contributed by atoms with Crippen LogP contribution >= 0.6 is 24.8 Å². The van der Waals surface area contributed by atoms with Crippen LogP contribution in [0.3, 0.4) is 0 Å². The van der Waals surface area contributed by atoms with Gasteiger partial charge < -0.3 is 10.2 Å². The van der Waals surface area contributed by atoms with Crippen LogP contribution < -0.4 is 5.32 Å². The van der Waals surface area contributed by atoms with Crippen molar-refractivity contribution < 1.29 is 4.79 Å². The van der Waals surface area contributed by atoms with E-state index in [9.17, 15) is 4.79 Å². The third-order valence-electron chi connectivity index (χ3n) is 4.02. The minimum absolute atomic E-state index is 0. The summed E-state index contributed by atoms with van der Waals surface area (Å²) in [5, 5.41) is 3.59. The maximum absolute atomic E-state index is 12.5. The molecule has 0 aromatic carbocycles.